The van der Waals surface area contributed by atoms with Crippen LogP contribution in [0.25, 0.3) is 0 Å². The van der Waals surface area contributed by atoms with E-state index in [2.05, 4.69) is 22.8 Å². The molecule has 0 unspecified atom stereocenters. The Labute approximate surface area is 96.9 Å². The van der Waals surface area contributed by atoms with E-state index in [1.54, 1.807) is 6.20 Å². The predicted octanol–water partition coefficient (Wildman–Crippen LogP) is 1.09. The van der Waals surface area contributed by atoms with Crippen molar-refractivity contribution in [2.75, 3.05) is 18.0 Å². The van der Waals surface area contributed by atoms with E-state index in [0.29, 0.717) is 19.0 Å². The van der Waals surface area contributed by atoms with E-state index in [4.69, 9.17) is 12.2 Å². The van der Waals surface area contributed by atoms with E-state index in [-0.39, 0.29) is 0 Å². The molecule has 1 aromatic rings. The van der Waals surface area contributed by atoms with Crippen molar-refractivity contribution in [3.8, 4) is 12.3 Å². The summed E-state index contributed by atoms with van der Waals surface area (Å²) in [7, 11) is 0. The van der Waals surface area contributed by atoms with Gasteiger partial charge in [-0.25, -0.2) is 9.97 Å². The first-order chi connectivity index (χ1) is 7.72. The van der Waals surface area contributed by atoms with Crippen LogP contribution >= 0.6 is 0 Å². The SMILES string of the molecule is C#CCN(CCC)c1ncc(CN)c(C)n1. The number of nitrogens with zero attached hydrogens (tertiary/aromatic N) is 3. The number of nitrogens with two attached hydrogens (primary N) is 1. The Hall–Kier alpha value is -1.60. The molecule has 0 bridgehead atoms. The Kier molecular flexibility index (Phi) is 4.74. The minimum absolute atomic E-state index is 0.467. The standard InChI is InChI=1S/C12H18N4/c1-4-6-16(7-5-2)12-14-9-11(8-13)10(3)15-12/h1,9H,5-8,13H2,2-3H3. The smallest absolute Gasteiger partial charge is 0.226 e. The van der Waals surface area contributed by atoms with E-state index in [1.165, 1.54) is 0 Å². The highest BCUT2D eigenvalue weighted by Gasteiger charge is 2.08. The van der Waals surface area contributed by atoms with Crippen LogP contribution in [0.1, 0.15) is 24.6 Å². The molecule has 0 spiro atoms. The largest absolute Gasteiger partial charge is 0.330 e. The predicted molar refractivity (Wildman–Crippen MR) is 66.0 cm³/mol. The van der Waals surface area contributed by atoms with Gasteiger partial charge in [0.25, 0.3) is 0 Å². The van der Waals surface area contributed by atoms with Gasteiger partial charge in [-0.05, 0) is 13.3 Å². The van der Waals surface area contributed by atoms with Crippen LogP contribution in [-0.2, 0) is 6.54 Å². The van der Waals surface area contributed by atoms with Crippen LogP contribution in [0.5, 0.6) is 0 Å². The van der Waals surface area contributed by atoms with Gasteiger partial charge in [0.05, 0.1) is 6.54 Å². The van der Waals surface area contributed by atoms with E-state index < -0.39 is 0 Å². The van der Waals surface area contributed by atoms with Crippen molar-refractivity contribution in [3.05, 3.63) is 17.5 Å². The van der Waals surface area contributed by atoms with Gasteiger partial charge in [0.1, 0.15) is 0 Å². The first-order valence-corrected chi connectivity index (χ1v) is 5.43. The maximum Gasteiger partial charge on any atom is 0.226 e. The maximum absolute atomic E-state index is 5.57. The molecule has 0 fully saturated rings. The zero-order valence-corrected chi connectivity index (χ0v) is 9.90. The topological polar surface area (TPSA) is 55.0 Å². The monoisotopic (exact) mass is 218 g/mol. The Bertz CT molecular complexity index is 381. The summed E-state index contributed by atoms with van der Waals surface area (Å²) in [6.07, 6.45) is 8.12. The number of terminal acetylenes is 1. The van der Waals surface area contributed by atoms with Crippen molar-refractivity contribution in [2.45, 2.75) is 26.8 Å². The molecule has 0 saturated carbocycles. The van der Waals surface area contributed by atoms with Crippen LogP contribution in [0, 0.1) is 19.3 Å². The van der Waals surface area contributed by atoms with Crippen LogP contribution < -0.4 is 10.6 Å². The number of aryl methyl sites for hydroxylation is 1. The second-order valence-corrected chi connectivity index (χ2v) is 3.61. The molecule has 0 aromatic carbocycles. The van der Waals surface area contributed by atoms with Gasteiger partial charge in [0.2, 0.25) is 5.95 Å². The number of anilines is 1. The first-order valence-electron chi connectivity index (χ1n) is 5.43. The fourth-order valence-corrected chi connectivity index (χ4v) is 1.46. The molecule has 4 heteroatoms. The molecular formula is C12H18N4. The molecule has 0 aliphatic carbocycles. The van der Waals surface area contributed by atoms with Gasteiger partial charge < -0.3 is 10.6 Å². The van der Waals surface area contributed by atoms with Crippen molar-refractivity contribution in [3.63, 3.8) is 0 Å². The summed E-state index contributed by atoms with van der Waals surface area (Å²) < 4.78 is 0. The second kappa shape index (κ2) is 6.09. The van der Waals surface area contributed by atoms with E-state index in [1.807, 2.05) is 11.8 Å². The van der Waals surface area contributed by atoms with Crippen LogP contribution in [0.3, 0.4) is 0 Å². The fourth-order valence-electron chi connectivity index (χ4n) is 1.46. The van der Waals surface area contributed by atoms with Gasteiger partial charge in [-0.15, -0.1) is 6.42 Å². The third-order valence-corrected chi connectivity index (χ3v) is 2.35. The molecule has 0 saturated heterocycles. The highest BCUT2D eigenvalue weighted by atomic mass is 15.2. The summed E-state index contributed by atoms with van der Waals surface area (Å²) in [5.41, 5.74) is 7.46. The summed E-state index contributed by atoms with van der Waals surface area (Å²) in [6, 6.07) is 0. The maximum atomic E-state index is 5.57. The van der Waals surface area contributed by atoms with Crippen molar-refractivity contribution in [2.24, 2.45) is 5.73 Å². The molecule has 16 heavy (non-hydrogen) atoms. The number of hydrogen-bond donors (Lipinski definition) is 1. The third-order valence-electron chi connectivity index (χ3n) is 2.35. The Morgan fingerprint density at radius 1 is 1.56 bits per heavy atom. The van der Waals surface area contributed by atoms with Crippen LogP contribution in [-0.4, -0.2) is 23.1 Å². The average molecular weight is 218 g/mol. The highest BCUT2D eigenvalue weighted by molar-refractivity contribution is 5.34. The number of aromatic nitrogens is 2. The average Bonchev–Trinajstić information content (AvgIpc) is 2.28. The van der Waals surface area contributed by atoms with Crippen molar-refractivity contribution in [1.82, 2.24) is 9.97 Å². The summed E-state index contributed by atoms with van der Waals surface area (Å²) in [6.45, 7) is 5.91. The summed E-state index contributed by atoms with van der Waals surface area (Å²) in [4.78, 5) is 10.7. The van der Waals surface area contributed by atoms with Crippen molar-refractivity contribution in [1.29, 1.82) is 0 Å². The molecule has 1 heterocycles. The first kappa shape index (κ1) is 12.5. The lowest BCUT2D eigenvalue weighted by molar-refractivity contribution is 0.782. The summed E-state index contributed by atoms with van der Waals surface area (Å²) in [5.74, 6) is 3.31. The Balaban J connectivity index is 2.93. The number of hydrogen-bond acceptors (Lipinski definition) is 4. The van der Waals surface area contributed by atoms with Crippen LogP contribution in [0.15, 0.2) is 6.20 Å². The zero-order chi connectivity index (χ0) is 12.0. The molecule has 0 atom stereocenters. The van der Waals surface area contributed by atoms with Crippen LogP contribution in [0.2, 0.25) is 0 Å². The molecule has 1 rings (SSSR count). The van der Waals surface area contributed by atoms with Gasteiger partial charge in [-0.1, -0.05) is 12.8 Å². The molecule has 0 radical (unpaired) electrons. The van der Waals surface area contributed by atoms with E-state index in [9.17, 15) is 0 Å². The third kappa shape index (κ3) is 2.94. The summed E-state index contributed by atoms with van der Waals surface area (Å²) >= 11 is 0. The molecule has 0 amide bonds. The Morgan fingerprint density at radius 3 is 2.81 bits per heavy atom. The van der Waals surface area contributed by atoms with Gasteiger partial charge in [0.15, 0.2) is 0 Å². The van der Waals surface area contributed by atoms with E-state index >= 15 is 0 Å². The minimum Gasteiger partial charge on any atom is -0.330 e. The Morgan fingerprint density at radius 2 is 2.31 bits per heavy atom. The lowest BCUT2D eigenvalue weighted by atomic mass is 10.2. The minimum atomic E-state index is 0.467. The van der Waals surface area contributed by atoms with Gasteiger partial charge >= 0.3 is 0 Å². The normalized spacial score (nSPS) is 9.88. The zero-order valence-electron chi connectivity index (χ0n) is 9.90. The fraction of sp³-hybridized carbons (Fsp3) is 0.500. The van der Waals surface area contributed by atoms with Gasteiger partial charge in [0, 0.05) is 30.5 Å². The van der Waals surface area contributed by atoms with Crippen molar-refractivity contribution >= 4 is 5.95 Å². The van der Waals surface area contributed by atoms with Gasteiger partial charge in [-0.3, -0.25) is 0 Å². The summed E-state index contributed by atoms with van der Waals surface area (Å²) in [5, 5.41) is 0. The molecule has 4 nitrogen and oxygen atoms in total. The lowest BCUT2D eigenvalue weighted by Gasteiger charge is -2.19. The van der Waals surface area contributed by atoms with Crippen molar-refractivity contribution < 1.29 is 0 Å². The quantitative estimate of drug-likeness (QED) is 0.752. The molecule has 2 N–H and O–H groups in total. The highest BCUT2D eigenvalue weighted by Crippen LogP contribution is 2.10. The molecular weight excluding hydrogens is 200 g/mol. The number of rotatable bonds is 5. The van der Waals surface area contributed by atoms with E-state index in [0.717, 1.165) is 24.2 Å². The lowest BCUT2D eigenvalue weighted by Crippen LogP contribution is -2.26. The molecule has 0 aliphatic rings. The molecule has 86 valence electrons. The van der Waals surface area contributed by atoms with Crippen LogP contribution in [0.4, 0.5) is 5.95 Å². The molecule has 1 aromatic heterocycles. The van der Waals surface area contributed by atoms with Gasteiger partial charge in [-0.2, -0.15) is 0 Å². The molecule has 0 aliphatic heterocycles. The second-order valence-electron chi connectivity index (χ2n) is 3.61.